The molecule has 4 nitrogen and oxygen atoms in total. The topological polar surface area (TPSA) is 34.0 Å². The molecule has 116 valence electrons. The van der Waals surface area contributed by atoms with Gasteiger partial charge in [0.1, 0.15) is 11.6 Å². The first-order valence-electron chi connectivity index (χ1n) is 8.49. The zero-order valence-electron chi connectivity index (χ0n) is 13.3. The van der Waals surface area contributed by atoms with Gasteiger partial charge in [-0.15, -0.1) is 0 Å². The number of hydrogen-bond donors (Lipinski definition) is 0. The molecule has 1 aliphatic carbocycles. The first kappa shape index (κ1) is 13.9. The quantitative estimate of drug-likeness (QED) is 0.868. The maximum atomic E-state index is 4.69. The van der Waals surface area contributed by atoms with E-state index < -0.39 is 0 Å². The van der Waals surface area contributed by atoms with Crippen LogP contribution < -0.4 is 0 Å². The van der Waals surface area contributed by atoms with Gasteiger partial charge in [-0.2, -0.15) is 5.10 Å². The molecule has 4 rings (SSSR count). The van der Waals surface area contributed by atoms with Crippen molar-refractivity contribution in [2.45, 2.75) is 51.1 Å². The van der Waals surface area contributed by atoms with Crippen LogP contribution in [0.15, 0.2) is 30.3 Å². The van der Waals surface area contributed by atoms with Crippen molar-refractivity contribution < 1.29 is 0 Å². The molecule has 1 saturated heterocycles. The van der Waals surface area contributed by atoms with Gasteiger partial charge in [0, 0.05) is 25.6 Å². The molecule has 0 bridgehead atoms. The Morgan fingerprint density at radius 1 is 1.05 bits per heavy atom. The minimum atomic E-state index is 0.545. The van der Waals surface area contributed by atoms with Crippen LogP contribution in [0.4, 0.5) is 0 Å². The molecule has 0 atom stereocenters. The molecule has 0 radical (unpaired) electrons. The van der Waals surface area contributed by atoms with Crippen molar-refractivity contribution in [3.05, 3.63) is 47.5 Å². The third-order valence-electron chi connectivity index (χ3n) is 4.86. The number of benzene rings is 1. The zero-order chi connectivity index (χ0) is 14.9. The summed E-state index contributed by atoms with van der Waals surface area (Å²) >= 11 is 0. The Morgan fingerprint density at radius 2 is 1.77 bits per heavy atom. The summed E-state index contributed by atoms with van der Waals surface area (Å²) < 4.78 is 2.26. The fourth-order valence-corrected chi connectivity index (χ4v) is 3.50. The maximum absolute atomic E-state index is 4.69. The highest BCUT2D eigenvalue weighted by Crippen LogP contribution is 2.40. The number of likely N-dealkylation sites (tertiary alicyclic amines) is 1. The summed E-state index contributed by atoms with van der Waals surface area (Å²) in [6.45, 7) is 5.40. The van der Waals surface area contributed by atoms with Crippen molar-refractivity contribution in [3.63, 3.8) is 0 Å². The lowest BCUT2D eigenvalue weighted by atomic mass is 10.0. The molecular weight excluding hydrogens is 272 g/mol. The average Bonchev–Trinajstić information content (AvgIpc) is 3.32. The molecule has 1 aromatic carbocycles. The van der Waals surface area contributed by atoms with Gasteiger partial charge in [-0.1, -0.05) is 30.3 Å². The summed E-state index contributed by atoms with van der Waals surface area (Å²) in [6, 6.07) is 11.3. The average molecular weight is 296 g/mol. The highest BCUT2D eigenvalue weighted by molar-refractivity contribution is 5.14. The SMILES string of the molecule is Cc1nc(C2CC2)n(C2CCN(Cc3ccccc3)CC2)n1. The lowest BCUT2D eigenvalue weighted by Gasteiger charge is -2.32. The fraction of sp³-hybridized carbons (Fsp3) is 0.556. The van der Waals surface area contributed by atoms with Crippen LogP contribution in [0.25, 0.3) is 0 Å². The van der Waals surface area contributed by atoms with E-state index in [-0.39, 0.29) is 0 Å². The van der Waals surface area contributed by atoms with Crippen LogP contribution in [0.1, 0.15) is 54.9 Å². The van der Waals surface area contributed by atoms with E-state index in [1.165, 1.54) is 37.1 Å². The van der Waals surface area contributed by atoms with E-state index in [9.17, 15) is 0 Å². The van der Waals surface area contributed by atoms with Gasteiger partial charge in [-0.25, -0.2) is 9.67 Å². The Balaban J connectivity index is 1.39. The van der Waals surface area contributed by atoms with Crippen molar-refractivity contribution in [1.82, 2.24) is 19.7 Å². The van der Waals surface area contributed by atoms with E-state index >= 15 is 0 Å². The maximum Gasteiger partial charge on any atom is 0.147 e. The van der Waals surface area contributed by atoms with Crippen molar-refractivity contribution in [2.75, 3.05) is 13.1 Å². The minimum absolute atomic E-state index is 0.545. The third-order valence-corrected chi connectivity index (χ3v) is 4.86. The molecule has 2 fully saturated rings. The number of rotatable bonds is 4. The molecule has 1 saturated carbocycles. The Bertz CT molecular complexity index is 622. The number of nitrogens with zero attached hydrogens (tertiary/aromatic N) is 4. The number of aryl methyl sites for hydroxylation is 1. The second-order valence-corrected chi connectivity index (χ2v) is 6.73. The van der Waals surface area contributed by atoms with E-state index in [0.29, 0.717) is 12.0 Å². The van der Waals surface area contributed by atoms with Gasteiger partial charge < -0.3 is 0 Å². The third kappa shape index (κ3) is 2.93. The second kappa shape index (κ2) is 5.84. The van der Waals surface area contributed by atoms with Gasteiger partial charge in [-0.3, -0.25) is 4.90 Å². The van der Waals surface area contributed by atoms with Crippen molar-refractivity contribution in [1.29, 1.82) is 0 Å². The number of aromatic nitrogens is 3. The summed E-state index contributed by atoms with van der Waals surface area (Å²) in [5.41, 5.74) is 1.41. The van der Waals surface area contributed by atoms with E-state index in [4.69, 9.17) is 5.10 Å². The predicted molar refractivity (Wildman–Crippen MR) is 86.7 cm³/mol. The molecule has 1 aliphatic heterocycles. The molecule has 0 spiro atoms. The molecule has 2 aliphatic rings. The molecular formula is C18H24N4. The van der Waals surface area contributed by atoms with E-state index in [2.05, 4.69) is 44.9 Å². The molecule has 0 unspecified atom stereocenters. The summed E-state index contributed by atoms with van der Waals surface area (Å²) in [5.74, 6) is 2.87. The molecule has 2 aromatic rings. The highest BCUT2D eigenvalue weighted by atomic mass is 15.4. The second-order valence-electron chi connectivity index (χ2n) is 6.73. The van der Waals surface area contributed by atoms with E-state index in [1.54, 1.807) is 0 Å². The minimum Gasteiger partial charge on any atom is -0.299 e. The Labute approximate surface area is 132 Å². The normalized spacial score (nSPS) is 20.4. The molecule has 4 heteroatoms. The van der Waals surface area contributed by atoms with Gasteiger partial charge in [0.25, 0.3) is 0 Å². The van der Waals surface area contributed by atoms with Gasteiger partial charge in [0.15, 0.2) is 0 Å². The lowest BCUT2D eigenvalue weighted by molar-refractivity contribution is 0.171. The first-order valence-corrected chi connectivity index (χ1v) is 8.49. The predicted octanol–water partition coefficient (Wildman–Crippen LogP) is 3.30. The first-order chi connectivity index (χ1) is 10.8. The highest BCUT2D eigenvalue weighted by Gasteiger charge is 2.32. The summed E-state index contributed by atoms with van der Waals surface area (Å²) in [6.07, 6.45) is 4.97. The van der Waals surface area contributed by atoms with Gasteiger partial charge in [0.05, 0.1) is 6.04 Å². The van der Waals surface area contributed by atoms with Crippen LogP contribution in [-0.4, -0.2) is 32.8 Å². The van der Waals surface area contributed by atoms with Gasteiger partial charge in [0.2, 0.25) is 0 Å². The van der Waals surface area contributed by atoms with Crippen LogP contribution >= 0.6 is 0 Å². The molecule has 0 N–H and O–H groups in total. The summed E-state index contributed by atoms with van der Waals surface area (Å²) in [5, 5.41) is 4.69. The van der Waals surface area contributed by atoms with Gasteiger partial charge in [-0.05, 0) is 38.2 Å². The van der Waals surface area contributed by atoms with Crippen LogP contribution in [0.2, 0.25) is 0 Å². The summed E-state index contributed by atoms with van der Waals surface area (Å²) in [7, 11) is 0. The van der Waals surface area contributed by atoms with Crippen molar-refractivity contribution in [3.8, 4) is 0 Å². The van der Waals surface area contributed by atoms with E-state index in [1.807, 2.05) is 6.92 Å². The van der Waals surface area contributed by atoms with Gasteiger partial charge >= 0.3 is 0 Å². The summed E-state index contributed by atoms with van der Waals surface area (Å²) in [4.78, 5) is 7.23. The van der Waals surface area contributed by atoms with Crippen LogP contribution in [0.3, 0.4) is 0 Å². The van der Waals surface area contributed by atoms with E-state index in [0.717, 1.165) is 25.5 Å². The van der Waals surface area contributed by atoms with Crippen LogP contribution in [-0.2, 0) is 6.54 Å². The standard InChI is InChI=1S/C18H24N4/c1-14-19-18(16-7-8-16)22(20-14)17-9-11-21(12-10-17)13-15-5-3-2-4-6-15/h2-6,16-17H,7-13H2,1H3. The number of piperidine rings is 1. The largest absolute Gasteiger partial charge is 0.299 e. The van der Waals surface area contributed by atoms with Crippen molar-refractivity contribution >= 4 is 0 Å². The monoisotopic (exact) mass is 296 g/mol. The smallest absolute Gasteiger partial charge is 0.147 e. The zero-order valence-corrected chi connectivity index (χ0v) is 13.3. The molecule has 1 aromatic heterocycles. The Kier molecular flexibility index (Phi) is 3.70. The van der Waals surface area contributed by atoms with Crippen LogP contribution in [0.5, 0.6) is 0 Å². The Morgan fingerprint density at radius 3 is 2.45 bits per heavy atom. The fourth-order valence-electron chi connectivity index (χ4n) is 3.50. The molecule has 2 heterocycles. The molecule has 22 heavy (non-hydrogen) atoms. The van der Waals surface area contributed by atoms with Crippen molar-refractivity contribution in [2.24, 2.45) is 0 Å². The Hall–Kier alpha value is -1.68. The lowest BCUT2D eigenvalue weighted by Crippen LogP contribution is -2.35. The molecule has 0 amide bonds. The van der Waals surface area contributed by atoms with Crippen LogP contribution in [0, 0.1) is 6.92 Å². The number of hydrogen-bond acceptors (Lipinski definition) is 3.